The second kappa shape index (κ2) is 8.78. The standard InChI is InChI=1S/C27H30N2O5/c1-27(17-12-13-17,15-24(30)29-14-6-11-23(29)25(31)32)28-26(33)34-16-22-20-9-4-2-7-18(20)19-8-3-5-10-21(19)22/h2-5,7-10,17,22-23H,6,11-16H2,1H3,(H,28,33)(H,31,32)/t23-,27?/m1/s1. The fourth-order valence-electron chi connectivity index (χ4n) is 5.62. The molecule has 2 N–H and O–H groups in total. The SMILES string of the molecule is CC(CC(=O)N1CCC[C@@H]1C(=O)O)(NC(=O)OCC1c2ccccc2-c2ccccc21)C1CC1. The second-order valence-electron chi connectivity index (χ2n) is 9.90. The summed E-state index contributed by atoms with van der Waals surface area (Å²) >= 11 is 0. The monoisotopic (exact) mass is 462 g/mol. The maximum Gasteiger partial charge on any atom is 0.407 e. The molecule has 7 heteroatoms. The Hall–Kier alpha value is -3.35. The summed E-state index contributed by atoms with van der Waals surface area (Å²) in [5.41, 5.74) is 3.86. The molecular formula is C27H30N2O5. The lowest BCUT2D eigenvalue weighted by atomic mass is 9.91. The van der Waals surface area contributed by atoms with Gasteiger partial charge in [-0.1, -0.05) is 48.5 Å². The second-order valence-corrected chi connectivity index (χ2v) is 9.90. The molecule has 1 saturated heterocycles. The van der Waals surface area contributed by atoms with Gasteiger partial charge in [0.1, 0.15) is 12.6 Å². The Labute approximate surface area is 199 Å². The van der Waals surface area contributed by atoms with Crippen LogP contribution in [-0.2, 0) is 14.3 Å². The smallest absolute Gasteiger partial charge is 0.407 e. The minimum Gasteiger partial charge on any atom is -0.480 e. The Bertz CT molecular complexity index is 1080. The summed E-state index contributed by atoms with van der Waals surface area (Å²) in [6, 6.07) is 15.6. The summed E-state index contributed by atoms with van der Waals surface area (Å²) in [4.78, 5) is 38.9. The van der Waals surface area contributed by atoms with Gasteiger partial charge in [-0.3, -0.25) is 4.79 Å². The molecular weight excluding hydrogens is 432 g/mol. The van der Waals surface area contributed by atoms with Gasteiger partial charge in [0.05, 0.1) is 12.0 Å². The van der Waals surface area contributed by atoms with Gasteiger partial charge in [-0.15, -0.1) is 0 Å². The number of aliphatic carboxylic acids is 1. The molecule has 1 saturated carbocycles. The number of ether oxygens (including phenoxy) is 1. The number of rotatable bonds is 7. The van der Waals surface area contributed by atoms with Gasteiger partial charge >= 0.3 is 12.1 Å². The van der Waals surface area contributed by atoms with Crippen LogP contribution >= 0.6 is 0 Å². The van der Waals surface area contributed by atoms with Gasteiger partial charge in [0.25, 0.3) is 0 Å². The quantitative estimate of drug-likeness (QED) is 0.644. The van der Waals surface area contributed by atoms with Crippen LogP contribution in [0, 0.1) is 5.92 Å². The lowest BCUT2D eigenvalue weighted by Crippen LogP contribution is -2.52. The number of fused-ring (bicyclic) bond motifs is 3. The largest absolute Gasteiger partial charge is 0.480 e. The van der Waals surface area contributed by atoms with Crippen molar-refractivity contribution in [3.63, 3.8) is 0 Å². The van der Waals surface area contributed by atoms with Crippen LogP contribution in [-0.4, -0.2) is 52.7 Å². The zero-order valence-electron chi connectivity index (χ0n) is 19.3. The lowest BCUT2D eigenvalue weighted by Gasteiger charge is -2.33. The molecule has 0 bridgehead atoms. The number of amides is 2. The van der Waals surface area contributed by atoms with E-state index in [-0.39, 0.29) is 30.8 Å². The van der Waals surface area contributed by atoms with E-state index >= 15 is 0 Å². The third kappa shape index (κ3) is 4.15. The van der Waals surface area contributed by atoms with Gasteiger partial charge < -0.3 is 20.1 Å². The first-order valence-electron chi connectivity index (χ1n) is 12.0. The number of alkyl carbamates (subject to hydrolysis) is 1. The van der Waals surface area contributed by atoms with Gasteiger partial charge in [0, 0.05) is 12.5 Å². The highest BCUT2D eigenvalue weighted by Crippen LogP contribution is 2.45. The van der Waals surface area contributed by atoms with Crippen LogP contribution in [0.2, 0.25) is 0 Å². The molecule has 2 atom stereocenters. The summed E-state index contributed by atoms with van der Waals surface area (Å²) in [7, 11) is 0. The zero-order valence-corrected chi connectivity index (χ0v) is 19.3. The van der Waals surface area contributed by atoms with Crippen molar-refractivity contribution in [1.82, 2.24) is 10.2 Å². The highest BCUT2D eigenvalue weighted by atomic mass is 16.5. The summed E-state index contributed by atoms with van der Waals surface area (Å²) < 4.78 is 5.71. The molecule has 2 aromatic rings. The number of carboxylic acid groups (broad SMARTS) is 1. The number of hydrogen-bond donors (Lipinski definition) is 2. The Balaban J connectivity index is 1.25. The highest BCUT2D eigenvalue weighted by molar-refractivity contribution is 5.85. The summed E-state index contributed by atoms with van der Waals surface area (Å²) in [5, 5.41) is 12.4. The molecule has 1 aliphatic heterocycles. The minimum atomic E-state index is -0.969. The third-order valence-electron chi connectivity index (χ3n) is 7.59. The van der Waals surface area contributed by atoms with E-state index in [4.69, 9.17) is 4.74 Å². The lowest BCUT2D eigenvalue weighted by molar-refractivity contribution is -0.148. The molecule has 2 aromatic carbocycles. The molecule has 7 nitrogen and oxygen atoms in total. The van der Waals surface area contributed by atoms with E-state index in [1.165, 1.54) is 16.0 Å². The van der Waals surface area contributed by atoms with Crippen molar-refractivity contribution in [2.75, 3.05) is 13.2 Å². The minimum absolute atomic E-state index is 0.0344. The molecule has 0 radical (unpaired) electrons. The van der Waals surface area contributed by atoms with Gasteiger partial charge in [-0.25, -0.2) is 9.59 Å². The van der Waals surface area contributed by atoms with Gasteiger partial charge in [-0.2, -0.15) is 0 Å². The average Bonchev–Trinajstić information content (AvgIpc) is 3.48. The fraction of sp³-hybridized carbons (Fsp3) is 0.444. The van der Waals surface area contributed by atoms with Crippen LogP contribution in [0.15, 0.2) is 48.5 Å². The van der Waals surface area contributed by atoms with E-state index < -0.39 is 23.6 Å². The number of carbonyl (C=O) groups excluding carboxylic acids is 2. The van der Waals surface area contributed by atoms with Crippen LogP contribution in [0.3, 0.4) is 0 Å². The number of carbonyl (C=O) groups is 3. The number of likely N-dealkylation sites (tertiary alicyclic amines) is 1. The Morgan fingerprint density at radius 1 is 1.03 bits per heavy atom. The first-order valence-corrected chi connectivity index (χ1v) is 12.0. The van der Waals surface area contributed by atoms with Gasteiger partial charge in [0.15, 0.2) is 0 Å². The van der Waals surface area contributed by atoms with Crippen LogP contribution in [0.25, 0.3) is 11.1 Å². The van der Waals surface area contributed by atoms with Crippen LogP contribution in [0.5, 0.6) is 0 Å². The van der Waals surface area contributed by atoms with Crippen molar-refractivity contribution < 1.29 is 24.2 Å². The molecule has 2 amide bonds. The van der Waals surface area contributed by atoms with Crippen LogP contribution in [0.1, 0.15) is 56.1 Å². The Kier molecular flexibility index (Phi) is 5.80. The number of carboxylic acids is 1. The molecule has 1 unspecified atom stereocenters. The molecule has 5 rings (SSSR count). The normalized spacial score (nSPS) is 20.9. The first-order chi connectivity index (χ1) is 16.4. The summed E-state index contributed by atoms with van der Waals surface area (Å²) in [6.45, 7) is 2.53. The Morgan fingerprint density at radius 3 is 2.24 bits per heavy atom. The van der Waals surface area contributed by atoms with E-state index in [1.54, 1.807) is 0 Å². The molecule has 0 aromatic heterocycles. The average molecular weight is 463 g/mol. The molecule has 0 spiro atoms. The van der Waals surface area contributed by atoms with E-state index in [1.807, 2.05) is 31.2 Å². The summed E-state index contributed by atoms with van der Waals surface area (Å²) in [6.07, 6.45) is 2.54. The zero-order chi connectivity index (χ0) is 23.9. The van der Waals surface area contributed by atoms with E-state index in [0.717, 1.165) is 24.0 Å². The van der Waals surface area contributed by atoms with Crippen molar-refractivity contribution >= 4 is 18.0 Å². The fourth-order valence-corrected chi connectivity index (χ4v) is 5.62. The van der Waals surface area contributed by atoms with E-state index in [2.05, 4.69) is 29.6 Å². The maximum absolute atomic E-state index is 13.0. The number of benzene rings is 2. The van der Waals surface area contributed by atoms with E-state index in [9.17, 15) is 19.5 Å². The summed E-state index contributed by atoms with van der Waals surface area (Å²) in [5.74, 6) is -1.04. The van der Waals surface area contributed by atoms with Crippen molar-refractivity contribution in [2.45, 2.75) is 56.5 Å². The topological polar surface area (TPSA) is 95.9 Å². The maximum atomic E-state index is 13.0. The first kappa shape index (κ1) is 22.4. The predicted molar refractivity (Wildman–Crippen MR) is 126 cm³/mol. The number of nitrogens with one attached hydrogen (secondary N) is 1. The van der Waals surface area contributed by atoms with Crippen LogP contribution in [0.4, 0.5) is 4.79 Å². The van der Waals surface area contributed by atoms with Crippen molar-refractivity contribution in [1.29, 1.82) is 0 Å². The van der Waals surface area contributed by atoms with E-state index in [0.29, 0.717) is 19.4 Å². The van der Waals surface area contributed by atoms with Crippen molar-refractivity contribution in [3.05, 3.63) is 59.7 Å². The van der Waals surface area contributed by atoms with Gasteiger partial charge in [0.2, 0.25) is 5.91 Å². The van der Waals surface area contributed by atoms with Crippen molar-refractivity contribution in [3.8, 4) is 11.1 Å². The molecule has 3 aliphatic rings. The molecule has 1 heterocycles. The van der Waals surface area contributed by atoms with Crippen molar-refractivity contribution in [2.24, 2.45) is 5.92 Å². The predicted octanol–water partition coefficient (Wildman–Crippen LogP) is 4.16. The van der Waals surface area contributed by atoms with Crippen LogP contribution < -0.4 is 5.32 Å². The third-order valence-corrected chi connectivity index (χ3v) is 7.59. The number of nitrogens with zero attached hydrogens (tertiary/aromatic N) is 1. The molecule has 2 aliphatic carbocycles. The Morgan fingerprint density at radius 2 is 1.65 bits per heavy atom. The molecule has 34 heavy (non-hydrogen) atoms. The molecule has 178 valence electrons. The van der Waals surface area contributed by atoms with Gasteiger partial charge in [-0.05, 0) is 60.8 Å². The highest BCUT2D eigenvalue weighted by Gasteiger charge is 2.46. The molecule has 2 fully saturated rings. The number of hydrogen-bond acceptors (Lipinski definition) is 4.